The van der Waals surface area contributed by atoms with Gasteiger partial charge in [0.25, 0.3) is 0 Å². The first kappa shape index (κ1) is 16.2. The van der Waals surface area contributed by atoms with Gasteiger partial charge in [-0.15, -0.1) is 0 Å². The largest absolute Gasteiger partial charge is 0.506 e. The maximum atomic E-state index is 9.30. The summed E-state index contributed by atoms with van der Waals surface area (Å²) < 4.78 is 10.3. The molecule has 0 aliphatic rings. The Hall–Kier alpha value is -0.810. The number of phenols is 1. The number of hydrogen-bond acceptors (Lipinski definition) is 4. The van der Waals surface area contributed by atoms with Crippen molar-refractivity contribution in [2.24, 2.45) is 0 Å². The molecule has 0 unspecified atom stereocenters. The topological polar surface area (TPSA) is 50.7 Å². The molecule has 19 heavy (non-hydrogen) atoms. The molecule has 108 valence electrons. The van der Waals surface area contributed by atoms with Crippen LogP contribution in [0.1, 0.15) is 18.4 Å². The summed E-state index contributed by atoms with van der Waals surface area (Å²) in [6.45, 7) is 3.78. The highest BCUT2D eigenvalue weighted by Crippen LogP contribution is 2.23. The standard InChI is InChI=1S/C14H22ClNO3/c1-18-8-9-19-7-3-2-6-16-11-12-4-5-14(17)13(15)10-12/h4-5,10,16-17H,2-3,6-9,11H2,1H3. The second kappa shape index (κ2) is 10.0. The van der Waals surface area contributed by atoms with Crippen LogP contribution in [0, 0.1) is 0 Å². The van der Waals surface area contributed by atoms with Crippen molar-refractivity contribution in [1.82, 2.24) is 5.32 Å². The summed E-state index contributed by atoms with van der Waals surface area (Å²) in [5.74, 6) is 0.124. The molecule has 0 saturated carbocycles. The van der Waals surface area contributed by atoms with E-state index in [0.717, 1.165) is 38.1 Å². The molecule has 0 amide bonds. The Bertz CT molecular complexity index is 361. The Morgan fingerprint density at radius 2 is 2.05 bits per heavy atom. The summed E-state index contributed by atoms with van der Waals surface area (Å²) in [5.41, 5.74) is 1.07. The Morgan fingerprint density at radius 3 is 2.79 bits per heavy atom. The van der Waals surface area contributed by atoms with Crippen molar-refractivity contribution in [2.45, 2.75) is 19.4 Å². The zero-order chi connectivity index (χ0) is 13.9. The molecular formula is C14H22ClNO3. The predicted molar refractivity (Wildman–Crippen MR) is 76.8 cm³/mol. The Kier molecular flexibility index (Phi) is 8.58. The third-order valence-electron chi connectivity index (χ3n) is 2.67. The number of benzene rings is 1. The van der Waals surface area contributed by atoms with Crippen LogP contribution >= 0.6 is 11.6 Å². The van der Waals surface area contributed by atoms with E-state index in [9.17, 15) is 5.11 Å². The smallest absolute Gasteiger partial charge is 0.134 e. The van der Waals surface area contributed by atoms with Crippen molar-refractivity contribution in [2.75, 3.05) is 33.5 Å². The second-order valence-corrected chi connectivity index (χ2v) is 4.68. The number of hydrogen-bond donors (Lipinski definition) is 2. The summed E-state index contributed by atoms with van der Waals surface area (Å²) in [7, 11) is 1.67. The van der Waals surface area contributed by atoms with E-state index in [2.05, 4.69) is 5.32 Å². The molecule has 0 heterocycles. The lowest BCUT2D eigenvalue weighted by Crippen LogP contribution is -2.15. The molecule has 0 bridgehead atoms. The van der Waals surface area contributed by atoms with Gasteiger partial charge in [-0.25, -0.2) is 0 Å². The summed E-state index contributed by atoms with van der Waals surface area (Å²) >= 11 is 5.83. The number of aromatic hydroxyl groups is 1. The van der Waals surface area contributed by atoms with Gasteiger partial charge >= 0.3 is 0 Å². The maximum Gasteiger partial charge on any atom is 0.134 e. The number of phenolic OH excluding ortho intramolecular Hbond substituents is 1. The molecule has 0 aliphatic carbocycles. The van der Waals surface area contributed by atoms with Crippen molar-refractivity contribution in [3.8, 4) is 5.75 Å². The van der Waals surface area contributed by atoms with Gasteiger partial charge in [-0.2, -0.15) is 0 Å². The van der Waals surface area contributed by atoms with Gasteiger partial charge in [-0.1, -0.05) is 17.7 Å². The monoisotopic (exact) mass is 287 g/mol. The van der Waals surface area contributed by atoms with E-state index in [4.69, 9.17) is 21.1 Å². The SMILES string of the molecule is COCCOCCCCNCc1ccc(O)c(Cl)c1. The van der Waals surface area contributed by atoms with Gasteiger partial charge in [-0.3, -0.25) is 0 Å². The van der Waals surface area contributed by atoms with E-state index in [1.54, 1.807) is 19.2 Å². The highest BCUT2D eigenvalue weighted by atomic mass is 35.5. The van der Waals surface area contributed by atoms with Crippen LogP contribution in [0.4, 0.5) is 0 Å². The molecule has 5 heteroatoms. The normalized spacial score (nSPS) is 10.8. The number of methoxy groups -OCH3 is 1. The highest BCUT2D eigenvalue weighted by Gasteiger charge is 1.99. The third kappa shape index (κ3) is 7.38. The summed E-state index contributed by atoms with van der Waals surface area (Å²) in [5, 5.41) is 13.0. The molecule has 1 rings (SSSR count). The van der Waals surface area contributed by atoms with E-state index < -0.39 is 0 Å². The van der Waals surface area contributed by atoms with E-state index in [-0.39, 0.29) is 5.75 Å². The molecule has 4 nitrogen and oxygen atoms in total. The molecule has 0 aliphatic heterocycles. The van der Waals surface area contributed by atoms with Crippen LogP contribution in [0.3, 0.4) is 0 Å². The number of nitrogens with one attached hydrogen (secondary N) is 1. The number of ether oxygens (including phenoxy) is 2. The van der Waals surface area contributed by atoms with Crippen LogP contribution in [0.5, 0.6) is 5.75 Å². The van der Waals surface area contributed by atoms with Crippen molar-refractivity contribution >= 4 is 11.6 Å². The number of unbranched alkanes of at least 4 members (excludes halogenated alkanes) is 1. The lowest BCUT2D eigenvalue weighted by atomic mass is 10.2. The van der Waals surface area contributed by atoms with Gasteiger partial charge < -0.3 is 19.9 Å². The van der Waals surface area contributed by atoms with E-state index >= 15 is 0 Å². The minimum Gasteiger partial charge on any atom is -0.506 e. The molecule has 1 aromatic carbocycles. The summed E-state index contributed by atoms with van der Waals surface area (Å²) in [6, 6.07) is 5.25. The lowest BCUT2D eigenvalue weighted by molar-refractivity contribution is 0.0688. The van der Waals surface area contributed by atoms with E-state index in [0.29, 0.717) is 18.2 Å². The van der Waals surface area contributed by atoms with Gasteiger partial charge in [0.05, 0.1) is 18.2 Å². The van der Waals surface area contributed by atoms with Gasteiger partial charge in [-0.05, 0) is 37.1 Å². The molecule has 0 fully saturated rings. The van der Waals surface area contributed by atoms with Crippen LogP contribution in [0.2, 0.25) is 5.02 Å². The third-order valence-corrected chi connectivity index (χ3v) is 2.97. The van der Waals surface area contributed by atoms with Crippen LogP contribution in [-0.2, 0) is 16.0 Å². The fourth-order valence-electron chi connectivity index (χ4n) is 1.59. The van der Waals surface area contributed by atoms with Gasteiger partial charge in [0.2, 0.25) is 0 Å². The Balaban J connectivity index is 2.00. The molecule has 0 saturated heterocycles. The lowest BCUT2D eigenvalue weighted by Gasteiger charge is -2.06. The minimum absolute atomic E-state index is 0.124. The molecule has 0 radical (unpaired) electrons. The van der Waals surface area contributed by atoms with E-state index in [1.165, 1.54) is 0 Å². The van der Waals surface area contributed by atoms with Crippen LogP contribution < -0.4 is 5.32 Å². The zero-order valence-electron chi connectivity index (χ0n) is 11.3. The van der Waals surface area contributed by atoms with Crippen molar-refractivity contribution < 1.29 is 14.6 Å². The first-order valence-electron chi connectivity index (χ1n) is 6.49. The molecular weight excluding hydrogens is 266 g/mol. The van der Waals surface area contributed by atoms with Crippen molar-refractivity contribution in [3.63, 3.8) is 0 Å². The van der Waals surface area contributed by atoms with Gasteiger partial charge in [0.1, 0.15) is 5.75 Å². The minimum atomic E-state index is 0.124. The average Bonchev–Trinajstić information content (AvgIpc) is 2.41. The first-order valence-corrected chi connectivity index (χ1v) is 6.86. The quantitative estimate of drug-likeness (QED) is 0.650. The molecule has 0 aromatic heterocycles. The van der Waals surface area contributed by atoms with Crippen molar-refractivity contribution in [3.05, 3.63) is 28.8 Å². The summed E-state index contributed by atoms with van der Waals surface area (Å²) in [4.78, 5) is 0. The fraction of sp³-hybridized carbons (Fsp3) is 0.571. The molecule has 2 N–H and O–H groups in total. The molecule has 0 atom stereocenters. The number of rotatable bonds is 10. The van der Waals surface area contributed by atoms with Crippen LogP contribution in [-0.4, -0.2) is 38.6 Å². The fourth-order valence-corrected chi connectivity index (χ4v) is 1.79. The zero-order valence-corrected chi connectivity index (χ0v) is 12.1. The van der Waals surface area contributed by atoms with Crippen LogP contribution in [0.15, 0.2) is 18.2 Å². The maximum absolute atomic E-state index is 9.30. The molecule has 0 spiro atoms. The Labute approximate surface area is 119 Å². The first-order chi connectivity index (χ1) is 9.24. The van der Waals surface area contributed by atoms with E-state index in [1.807, 2.05) is 6.07 Å². The van der Waals surface area contributed by atoms with Crippen LogP contribution in [0.25, 0.3) is 0 Å². The Morgan fingerprint density at radius 1 is 1.21 bits per heavy atom. The van der Waals surface area contributed by atoms with Crippen molar-refractivity contribution in [1.29, 1.82) is 0 Å². The van der Waals surface area contributed by atoms with Gasteiger partial charge in [0, 0.05) is 20.3 Å². The molecule has 1 aromatic rings. The second-order valence-electron chi connectivity index (χ2n) is 4.27. The highest BCUT2D eigenvalue weighted by molar-refractivity contribution is 6.32. The predicted octanol–water partition coefficient (Wildman–Crippen LogP) is 2.58. The summed E-state index contributed by atoms with van der Waals surface area (Å²) in [6.07, 6.45) is 2.10. The van der Waals surface area contributed by atoms with Gasteiger partial charge in [0.15, 0.2) is 0 Å². The number of halogens is 1. The average molecular weight is 288 g/mol.